The third-order valence-corrected chi connectivity index (χ3v) is 5.94. The van der Waals surface area contributed by atoms with Gasteiger partial charge in [0.1, 0.15) is 0 Å². The van der Waals surface area contributed by atoms with Gasteiger partial charge in [-0.15, -0.1) is 11.6 Å². The zero-order valence-corrected chi connectivity index (χ0v) is 19.2. The fourth-order valence-corrected chi connectivity index (χ4v) is 3.70. The quantitative estimate of drug-likeness (QED) is 0.437. The van der Waals surface area contributed by atoms with Crippen LogP contribution in [0.1, 0.15) is 58.4 Å². The van der Waals surface area contributed by atoms with Gasteiger partial charge in [-0.3, -0.25) is 9.69 Å². The van der Waals surface area contributed by atoms with Gasteiger partial charge in [0.05, 0.1) is 12.0 Å². The standard InChI is InChI=1S/C23H32ClN3O3/c1-5-29-21(28)23(4)12-14-27(15-13-23)16-17-6-8-18(9-7-17)20-25-19(30-26-20)10-11-22(2,3)24/h6-9H,5,10-16H2,1-4H3. The lowest BCUT2D eigenvalue weighted by Crippen LogP contribution is -2.43. The van der Waals surface area contributed by atoms with Gasteiger partial charge in [0.25, 0.3) is 0 Å². The highest BCUT2D eigenvalue weighted by molar-refractivity contribution is 6.23. The monoisotopic (exact) mass is 433 g/mol. The van der Waals surface area contributed by atoms with E-state index in [0.717, 1.165) is 44.5 Å². The number of esters is 1. The topological polar surface area (TPSA) is 68.5 Å². The SMILES string of the molecule is CCOC(=O)C1(C)CCN(Cc2ccc(-c3noc(CCC(C)(C)Cl)n3)cc2)CC1. The van der Waals surface area contributed by atoms with Gasteiger partial charge < -0.3 is 9.26 Å². The number of ether oxygens (including phenoxy) is 1. The number of hydrogen-bond acceptors (Lipinski definition) is 6. The molecular weight excluding hydrogens is 402 g/mol. The molecule has 7 heteroatoms. The van der Waals surface area contributed by atoms with Crippen molar-refractivity contribution in [1.82, 2.24) is 15.0 Å². The molecule has 1 aromatic carbocycles. The largest absolute Gasteiger partial charge is 0.466 e. The van der Waals surface area contributed by atoms with E-state index in [1.165, 1.54) is 5.56 Å². The predicted molar refractivity (Wildman–Crippen MR) is 117 cm³/mol. The first-order chi connectivity index (χ1) is 14.2. The first kappa shape index (κ1) is 22.8. The molecular formula is C23H32ClN3O3. The molecule has 0 spiro atoms. The third-order valence-electron chi connectivity index (χ3n) is 5.75. The number of likely N-dealkylation sites (tertiary alicyclic amines) is 1. The normalized spacial score (nSPS) is 17.1. The summed E-state index contributed by atoms with van der Waals surface area (Å²) in [5.74, 6) is 1.15. The van der Waals surface area contributed by atoms with E-state index in [2.05, 4.69) is 27.2 Å². The lowest BCUT2D eigenvalue weighted by atomic mass is 9.80. The number of aromatic nitrogens is 2. The van der Waals surface area contributed by atoms with Crippen LogP contribution in [0.2, 0.25) is 0 Å². The Kier molecular flexibility index (Phi) is 7.19. The van der Waals surface area contributed by atoms with Crippen molar-refractivity contribution in [3.63, 3.8) is 0 Å². The molecule has 0 radical (unpaired) electrons. The Labute approximate surface area is 183 Å². The Morgan fingerprint density at radius 1 is 1.27 bits per heavy atom. The van der Waals surface area contributed by atoms with Crippen molar-refractivity contribution in [2.45, 2.75) is 64.8 Å². The number of aryl methyl sites for hydroxylation is 1. The first-order valence-electron chi connectivity index (χ1n) is 10.7. The summed E-state index contributed by atoms with van der Waals surface area (Å²) in [5.41, 5.74) is 1.81. The van der Waals surface area contributed by atoms with Crippen LogP contribution in [0.3, 0.4) is 0 Å². The van der Waals surface area contributed by atoms with Gasteiger partial charge in [0, 0.05) is 23.4 Å². The van der Waals surface area contributed by atoms with Gasteiger partial charge in [0.15, 0.2) is 0 Å². The van der Waals surface area contributed by atoms with E-state index >= 15 is 0 Å². The van der Waals surface area contributed by atoms with Crippen LogP contribution >= 0.6 is 11.6 Å². The van der Waals surface area contributed by atoms with Crippen LogP contribution in [-0.2, 0) is 22.5 Å². The summed E-state index contributed by atoms with van der Waals surface area (Å²) in [6.07, 6.45) is 3.10. The average molecular weight is 434 g/mol. The first-order valence-corrected chi connectivity index (χ1v) is 11.1. The molecule has 0 atom stereocenters. The van der Waals surface area contributed by atoms with Crippen LogP contribution in [0.15, 0.2) is 28.8 Å². The summed E-state index contributed by atoms with van der Waals surface area (Å²) in [6, 6.07) is 8.27. The number of carbonyl (C=O) groups excluding carboxylic acids is 1. The fraction of sp³-hybridized carbons (Fsp3) is 0.609. The van der Waals surface area contributed by atoms with Gasteiger partial charge in [-0.05, 0) is 65.6 Å². The molecule has 0 N–H and O–H groups in total. The van der Waals surface area contributed by atoms with Crippen LogP contribution in [0.4, 0.5) is 0 Å². The number of carbonyl (C=O) groups is 1. The van der Waals surface area contributed by atoms with Crippen LogP contribution in [0.25, 0.3) is 11.4 Å². The Bertz CT molecular complexity index is 834. The van der Waals surface area contributed by atoms with Crippen LogP contribution < -0.4 is 0 Å². The van der Waals surface area contributed by atoms with Crippen molar-refractivity contribution in [1.29, 1.82) is 0 Å². The number of benzene rings is 1. The molecule has 30 heavy (non-hydrogen) atoms. The Balaban J connectivity index is 1.53. The third kappa shape index (κ3) is 6.05. The highest BCUT2D eigenvalue weighted by Gasteiger charge is 2.38. The molecule has 0 bridgehead atoms. The molecule has 1 fully saturated rings. The van der Waals surface area contributed by atoms with Crippen molar-refractivity contribution in [3.8, 4) is 11.4 Å². The molecule has 0 amide bonds. The maximum Gasteiger partial charge on any atom is 0.311 e. The van der Waals surface area contributed by atoms with Crippen molar-refractivity contribution < 1.29 is 14.1 Å². The Hall–Kier alpha value is -1.92. The van der Waals surface area contributed by atoms with Gasteiger partial charge in [0.2, 0.25) is 11.7 Å². The van der Waals surface area contributed by atoms with E-state index in [1.807, 2.05) is 39.8 Å². The molecule has 2 heterocycles. The maximum atomic E-state index is 12.2. The fourth-order valence-electron chi connectivity index (χ4n) is 3.61. The van der Waals surface area contributed by atoms with Gasteiger partial charge >= 0.3 is 5.97 Å². The van der Waals surface area contributed by atoms with Gasteiger partial charge in [-0.2, -0.15) is 4.98 Å². The van der Waals surface area contributed by atoms with Crippen LogP contribution in [-0.4, -0.2) is 45.6 Å². The lowest BCUT2D eigenvalue weighted by molar-refractivity contribution is -0.157. The number of hydrogen-bond donors (Lipinski definition) is 0. The van der Waals surface area contributed by atoms with E-state index < -0.39 is 0 Å². The van der Waals surface area contributed by atoms with E-state index in [-0.39, 0.29) is 16.3 Å². The molecule has 0 unspecified atom stereocenters. The second-order valence-electron chi connectivity index (χ2n) is 8.98. The van der Waals surface area contributed by atoms with Gasteiger partial charge in [-0.25, -0.2) is 0 Å². The average Bonchev–Trinajstić information content (AvgIpc) is 3.18. The summed E-state index contributed by atoms with van der Waals surface area (Å²) in [4.78, 5) is 18.8. The molecule has 1 aromatic heterocycles. The molecule has 2 aromatic rings. The molecule has 1 aliphatic heterocycles. The van der Waals surface area contributed by atoms with E-state index in [4.69, 9.17) is 20.9 Å². The summed E-state index contributed by atoms with van der Waals surface area (Å²) in [7, 11) is 0. The minimum Gasteiger partial charge on any atom is -0.466 e. The molecule has 0 saturated carbocycles. The zero-order valence-electron chi connectivity index (χ0n) is 18.4. The number of nitrogens with zero attached hydrogens (tertiary/aromatic N) is 3. The van der Waals surface area contributed by atoms with E-state index in [1.54, 1.807) is 0 Å². The molecule has 3 rings (SSSR count). The Morgan fingerprint density at radius 3 is 2.53 bits per heavy atom. The minimum atomic E-state index is -0.356. The molecule has 1 saturated heterocycles. The molecule has 6 nitrogen and oxygen atoms in total. The van der Waals surface area contributed by atoms with Crippen LogP contribution in [0, 0.1) is 5.41 Å². The van der Waals surface area contributed by atoms with Crippen molar-refractivity contribution >= 4 is 17.6 Å². The summed E-state index contributed by atoms with van der Waals surface area (Å²) in [5, 5.41) is 4.10. The number of alkyl halides is 1. The molecule has 1 aliphatic rings. The van der Waals surface area contributed by atoms with Crippen molar-refractivity contribution in [2.75, 3.05) is 19.7 Å². The molecule has 164 valence electrons. The minimum absolute atomic E-state index is 0.0666. The second kappa shape index (κ2) is 9.48. The highest BCUT2D eigenvalue weighted by atomic mass is 35.5. The summed E-state index contributed by atoms with van der Waals surface area (Å²) < 4.78 is 10.6. The van der Waals surface area contributed by atoms with Crippen molar-refractivity contribution in [3.05, 3.63) is 35.7 Å². The molecule has 0 aliphatic carbocycles. The highest BCUT2D eigenvalue weighted by Crippen LogP contribution is 2.33. The maximum absolute atomic E-state index is 12.2. The number of halogens is 1. The number of rotatable bonds is 8. The van der Waals surface area contributed by atoms with E-state index in [0.29, 0.717) is 24.7 Å². The summed E-state index contributed by atoms with van der Waals surface area (Å²) >= 11 is 6.23. The Morgan fingerprint density at radius 2 is 1.93 bits per heavy atom. The predicted octanol–water partition coefficient (Wildman–Crippen LogP) is 4.85. The smallest absolute Gasteiger partial charge is 0.311 e. The lowest BCUT2D eigenvalue weighted by Gasteiger charge is -2.37. The van der Waals surface area contributed by atoms with Crippen LogP contribution in [0.5, 0.6) is 0 Å². The zero-order chi connectivity index (χ0) is 21.8. The van der Waals surface area contributed by atoms with E-state index in [9.17, 15) is 4.79 Å². The van der Waals surface area contributed by atoms with Gasteiger partial charge in [-0.1, -0.05) is 29.4 Å². The second-order valence-corrected chi connectivity index (χ2v) is 10.0. The number of piperidine rings is 1. The summed E-state index contributed by atoms with van der Waals surface area (Å²) in [6.45, 7) is 10.9. The van der Waals surface area contributed by atoms with Crippen molar-refractivity contribution in [2.24, 2.45) is 5.41 Å².